The number of hydrogen-bond acceptors (Lipinski definition) is 4. The maximum Gasteiger partial charge on any atom is 0.139 e. The van der Waals surface area contributed by atoms with E-state index in [2.05, 4.69) is 34.3 Å². The predicted molar refractivity (Wildman–Crippen MR) is 126 cm³/mol. The first kappa shape index (κ1) is 24.1. The minimum atomic E-state index is -1.06. The Morgan fingerprint density at radius 1 is 1.16 bits per heavy atom. The molecule has 0 heterocycles. The second-order valence-corrected chi connectivity index (χ2v) is 12.9. The lowest BCUT2D eigenvalue weighted by molar-refractivity contribution is -0.177. The second-order valence-electron chi connectivity index (χ2n) is 12.9. The van der Waals surface area contributed by atoms with Gasteiger partial charge in [-0.3, -0.25) is 9.59 Å². The van der Waals surface area contributed by atoms with Gasteiger partial charge in [-0.15, -0.1) is 0 Å². The predicted octanol–water partition coefficient (Wildman–Crippen LogP) is 5.11. The molecule has 0 saturated heterocycles. The summed E-state index contributed by atoms with van der Waals surface area (Å²) < 4.78 is 0. The van der Waals surface area contributed by atoms with Crippen LogP contribution in [0.15, 0.2) is 12.2 Å². The van der Waals surface area contributed by atoms with Gasteiger partial charge in [-0.05, 0) is 85.9 Å². The van der Waals surface area contributed by atoms with Crippen molar-refractivity contribution in [3.05, 3.63) is 12.2 Å². The number of carbonyl (C=O) groups excluding carboxylic acids is 2. The van der Waals surface area contributed by atoms with E-state index >= 15 is 0 Å². The Kier molecular flexibility index (Phi) is 6.07. The van der Waals surface area contributed by atoms with Crippen molar-refractivity contribution < 1.29 is 19.8 Å². The van der Waals surface area contributed by atoms with E-state index in [1.54, 1.807) is 0 Å². The highest BCUT2D eigenvalue weighted by Gasteiger charge is 2.66. The highest BCUT2D eigenvalue weighted by atomic mass is 16.3. The lowest BCUT2D eigenvalue weighted by atomic mass is 9.43. The molecule has 4 fully saturated rings. The molecule has 0 aromatic heterocycles. The summed E-state index contributed by atoms with van der Waals surface area (Å²) in [4.78, 5) is 25.6. The van der Waals surface area contributed by atoms with Crippen molar-refractivity contribution in [3.8, 4) is 0 Å². The highest BCUT2D eigenvalue weighted by molar-refractivity contribution is 5.86. The third-order valence-electron chi connectivity index (χ3n) is 10.7. The summed E-state index contributed by atoms with van der Waals surface area (Å²) in [5.41, 5.74) is -0.142. The molecule has 4 aliphatic rings. The summed E-state index contributed by atoms with van der Waals surface area (Å²) in [6.45, 7) is 14.8. The van der Waals surface area contributed by atoms with Gasteiger partial charge in [0.1, 0.15) is 11.6 Å². The van der Waals surface area contributed by atoms with Crippen LogP contribution in [0.25, 0.3) is 0 Å². The average Bonchev–Trinajstić information content (AvgIpc) is 2.98. The Balaban J connectivity index is 1.60. The number of aliphatic hydroxyl groups excluding tert-OH is 1. The maximum absolute atomic E-state index is 13.4. The first-order chi connectivity index (χ1) is 14.8. The molecule has 9 atom stereocenters. The molecule has 0 aliphatic heterocycles. The SMILES string of the molecule is C=C(CC[C@](C)(O)[C@H]1C(=O)C[C@H]2[C@@H]3[C@H](O)C[C@H]4CC(=O)CC[C@]4(C)[C@H]3CC[C@@]21C)C(C)C. The molecule has 0 amide bonds. The molecule has 4 rings (SSSR count). The van der Waals surface area contributed by atoms with Crippen LogP contribution >= 0.6 is 0 Å². The zero-order valence-corrected chi connectivity index (χ0v) is 20.8. The normalized spacial score (nSPS) is 45.8. The van der Waals surface area contributed by atoms with Crippen LogP contribution in [0.2, 0.25) is 0 Å². The summed E-state index contributed by atoms with van der Waals surface area (Å²) in [5, 5.41) is 22.9. The third kappa shape index (κ3) is 3.64. The summed E-state index contributed by atoms with van der Waals surface area (Å²) in [6.07, 6.45) is 6.07. The number of aliphatic hydroxyl groups is 2. The number of Topliss-reactive ketones (excluding diaryl/α,β-unsaturated/α-hetero) is 2. The van der Waals surface area contributed by atoms with E-state index in [4.69, 9.17) is 0 Å². The fraction of sp³-hybridized carbons (Fsp3) is 0.857. The lowest BCUT2D eigenvalue weighted by Crippen LogP contribution is -2.59. The number of ketones is 2. The maximum atomic E-state index is 13.4. The monoisotopic (exact) mass is 444 g/mol. The van der Waals surface area contributed by atoms with Gasteiger partial charge >= 0.3 is 0 Å². The van der Waals surface area contributed by atoms with Crippen LogP contribution in [0.3, 0.4) is 0 Å². The van der Waals surface area contributed by atoms with E-state index in [9.17, 15) is 19.8 Å². The zero-order valence-electron chi connectivity index (χ0n) is 20.8. The van der Waals surface area contributed by atoms with Gasteiger partial charge < -0.3 is 10.2 Å². The highest BCUT2D eigenvalue weighted by Crippen LogP contribution is 2.67. The van der Waals surface area contributed by atoms with Crippen LogP contribution in [0, 0.1) is 46.3 Å². The van der Waals surface area contributed by atoms with E-state index in [1.165, 1.54) is 0 Å². The standard InChI is InChI=1S/C28H44O4/c1-16(2)17(3)7-12-28(6,32)25-23(31)15-21-24-20(9-11-27(21,25)5)26(4)10-8-19(29)13-18(26)14-22(24)30/h16,18,20-22,24-25,30,32H,3,7-15H2,1-2,4-6H3/t18-,20+,21+,22-,24-,25+,26+,27+,28+/m1/s1. The number of carbonyl (C=O) groups is 2. The van der Waals surface area contributed by atoms with Crippen LogP contribution in [0.5, 0.6) is 0 Å². The average molecular weight is 445 g/mol. The first-order valence-corrected chi connectivity index (χ1v) is 12.9. The van der Waals surface area contributed by atoms with E-state index in [1.807, 2.05) is 6.92 Å². The largest absolute Gasteiger partial charge is 0.393 e. The van der Waals surface area contributed by atoms with E-state index in [0.29, 0.717) is 49.7 Å². The smallest absolute Gasteiger partial charge is 0.139 e. The summed E-state index contributed by atoms with van der Waals surface area (Å²) in [6, 6.07) is 0. The molecule has 32 heavy (non-hydrogen) atoms. The summed E-state index contributed by atoms with van der Waals surface area (Å²) in [7, 11) is 0. The molecule has 180 valence electrons. The molecule has 0 bridgehead atoms. The number of rotatable bonds is 5. The first-order valence-electron chi connectivity index (χ1n) is 12.9. The van der Waals surface area contributed by atoms with Crippen LogP contribution in [-0.2, 0) is 9.59 Å². The van der Waals surface area contributed by atoms with Gasteiger partial charge in [-0.2, -0.15) is 0 Å². The van der Waals surface area contributed by atoms with Gasteiger partial charge in [-0.1, -0.05) is 39.8 Å². The molecule has 4 aliphatic carbocycles. The molecule has 4 heteroatoms. The molecule has 0 unspecified atom stereocenters. The van der Waals surface area contributed by atoms with Crippen molar-refractivity contribution in [2.24, 2.45) is 46.3 Å². The van der Waals surface area contributed by atoms with Crippen molar-refractivity contribution in [1.29, 1.82) is 0 Å². The third-order valence-corrected chi connectivity index (χ3v) is 10.7. The minimum Gasteiger partial charge on any atom is -0.393 e. The van der Waals surface area contributed by atoms with Crippen LogP contribution in [0.1, 0.15) is 92.4 Å². The number of fused-ring (bicyclic) bond motifs is 5. The van der Waals surface area contributed by atoms with Crippen molar-refractivity contribution >= 4 is 11.6 Å². The molecule has 0 aromatic carbocycles. The van der Waals surface area contributed by atoms with Crippen molar-refractivity contribution in [1.82, 2.24) is 0 Å². The van der Waals surface area contributed by atoms with Gasteiger partial charge in [0.25, 0.3) is 0 Å². The minimum absolute atomic E-state index is 0.0811. The van der Waals surface area contributed by atoms with Gasteiger partial charge in [0.2, 0.25) is 0 Å². The lowest BCUT2D eigenvalue weighted by Gasteiger charge is -2.61. The number of hydrogen-bond donors (Lipinski definition) is 2. The fourth-order valence-electron chi connectivity index (χ4n) is 8.72. The summed E-state index contributed by atoms with van der Waals surface area (Å²) >= 11 is 0. The Hall–Kier alpha value is -1.00. The Morgan fingerprint density at radius 2 is 1.84 bits per heavy atom. The Morgan fingerprint density at radius 3 is 2.50 bits per heavy atom. The fourth-order valence-corrected chi connectivity index (χ4v) is 8.72. The quantitative estimate of drug-likeness (QED) is 0.578. The molecule has 2 N–H and O–H groups in total. The van der Waals surface area contributed by atoms with Crippen molar-refractivity contribution in [2.75, 3.05) is 0 Å². The molecule has 0 spiro atoms. The second kappa shape index (κ2) is 8.05. The summed E-state index contributed by atoms with van der Waals surface area (Å²) in [5.74, 6) is 1.35. The topological polar surface area (TPSA) is 74.6 Å². The zero-order chi connectivity index (χ0) is 23.6. The van der Waals surface area contributed by atoms with Crippen LogP contribution in [0.4, 0.5) is 0 Å². The van der Waals surface area contributed by atoms with Crippen molar-refractivity contribution in [2.45, 2.75) is 104 Å². The molecular weight excluding hydrogens is 400 g/mol. The van der Waals surface area contributed by atoms with Gasteiger partial charge in [0.15, 0.2) is 0 Å². The van der Waals surface area contributed by atoms with Crippen LogP contribution < -0.4 is 0 Å². The molecule has 0 aromatic rings. The Labute approximate surface area is 194 Å². The van der Waals surface area contributed by atoms with E-state index < -0.39 is 11.7 Å². The van der Waals surface area contributed by atoms with Gasteiger partial charge in [-0.25, -0.2) is 0 Å². The molecule has 4 nitrogen and oxygen atoms in total. The van der Waals surface area contributed by atoms with Gasteiger partial charge in [0, 0.05) is 19.3 Å². The Bertz CT molecular complexity index is 797. The molecule has 0 radical (unpaired) electrons. The van der Waals surface area contributed by atoms with E-state index in [-0.39, 0.29) is 40.3 Å². The number of allylic oxidation sites excluding steroid dienone is 1. The molecular formula is C28H44O4. The molecule has 4 saturated carbocycles. The van der Waals surface area contributed by atoms with Crippen LogP contribution in [-0.4, -0.2) is 33.5 Å². The van der Waals surface area contributed by atoms with E-state index in [0.717, 1.165) is 31.3 Å². The van der Waals surface area contributed by atoms with Crippen molar-refractivity contribution in [3.63, 3.8) is 0 Å². The van der Waals surface area contributed by atoms with Gasteiger partial charge in [0.05, 0.1) is 17.6 Å².